The zero-order chi connectivity index (χ0) is 25.7. The highest BCUT2D eigenvalue weighted by Crippen LogP contribution is 2.38. The summed E-state index contributed by atoms with van der Waals surface area (Å²) in [5.41, 5.74) is 5.55. The van der Waals surface area contributed by atoms with E-state index in [1.54, 1.807) is 7.11 Å². The Morgan fingerprint density at radius 1 is 0.972 bits per heavy atom. The van der Waals surface area contributed by atoms with Crippen molar-refractivity contribution in [2.75, 3.05) is 52.3 Å². The Balaban J connectivity index is 1.38. The van der Waals surface area contributed by atoms with Crippen molar-refractivity contribution < 1.29 is 19.1 Å². The maximum atomic E-state index is 12.9. The number of rotatable bonds is 8. The fraction of sp³-hybridized carbons (Fsp3) is 0.357. The number of carbonyl (C=O) groups is 2. The molecule has 1 saturated heterocycles. The summed E-state index contributed by atoms with van der Waals surface area (Å²) in [6.07, 6.45) is 0. The number of thiophene rings is 1. The summed E-state index contributed by atoms with van der Waals surface area (Å²) in [5, 5.41) is 5.42. The molecule has 3 aromatic rings. The van der Waals surface area contributed by atoms with Gasteiger partial charge in [0, 0.05) is 43.7 Å². The van der Waals surface area contributed by atoms with Crippen molar-refractivity contribution in [2.24, 2.45) is 0 Å². The van der Waals surface area contributed by atoms with Crippen molar-refractivity contribution >= 4 is 28.2 Å². The molecule has 1 fully saturated rings. The Labute approximate surface area is 216 Å². The lowest BCUT2D eigenvalue weighted by Gasteiger charge is -2.34. The van der Waals surface area contributed by atoms with Crippen molar-refractivity contribution in [3.05, 3.63) is 70.1 Å². The topological polar surface area (TPSA) is 71.1 Å². The Morgan fingerprint density at radius 3 is 2.44 bits per heavy atom. The third-order valence-corrected chi connectivity index (χ3v) is 7.38. The van der Waals surface area contributed by atoms with Gasteiger partial charge < -0.3 is 14.8 Å². The SMILES string of the molecule is COC(=O)c1c(-c2cc(C)ccc2C)csc1NC(=O)CN1CCN(Cc2cccc(OC)c2)CC1. The van der Waals surface area contributed by atoms with Crippen molar-refractivity contribution in [1.82, 2.24) is 9.80 Å². The highest BCUT2D eigenvalue weighted by Gasteiger charge is 2.25. The van der Waals surface area contributed by atoms with Crippen LogP contribution < -0.4 is 10.1 Å². The van der Waals surface area contributed by atoms with Crippen LogP contribution >= 0.6 is 11.3 Å². The Hall–Kier alpha value is -3.20. The third kappa shape index (κ3) is 6.13. The number of hydrogen-bond acceptors (Lipinski definition) is 7. The molecule has 0 bridgehead atoms. The Bertz CT molecular complexity index is 1230. The second-order valence-corrected chi connectivity index (χ2v) is 10.00. The first-order valence-electron chi connectivity index (χ1n) is 12.0. The minimum absolute atomic E-state index is 0.129. The molecule has 0 radical (unpaired) electrons. The van der Waals surface area contributed by atoms with Crippen LogP contribution in [0.15, 0.2) is 47.8 Å². The van der Waals surface area contributed by atoms with E-state index in [1.807, 2.05) is 43.5 Å². The number of aryl methyl sites for hydroxylation is 2. The summed E-state index contributed by atoms with van der Waals surface area (Å²) in [5.74, 6) is 0.285. The molecular weight excluding hydrogens is 474 g/mol. The highest BCUT2D eigenvalue weighted by atomic mass is 32.1. The largest absolute Gasteiger partial charge is 0.497 e. The van der Waals surface area contributed by atoms with E-state index in [1.165, 1.54) is 24.0 Å². The van der Waals surface area contributed by atoms with Gasteiger partial charge in [0.15, 0.2) is 0 Å². The second kappa shape index (κ2) is 11.7. The van der Waals surface area contributed by atoms with E-state index in [4.69, 9.17) is 9.47 Å². The van der Waals surface area contributed by atoms with Gasteiger partial charge in [0.05, 0.1) is 20.8 Å². The van der Waals surface area contributed by atoms with Crippen LogP contribution in [0.1, 0.15) is 27.0 Å². The lowest BCUT2D eigenvalue weighted by Crippen LogP contribution is -2.48. The Morgan fingerprint density at radius 2 is 1.72 bits per heavy atom. The number of anilines is 1. The van der Waals surface area contributed by atoms with E-state index in [2.05, 4.69) is 33.3 Å². The number of methoxy groups -OCH3 is 2. The molecule has 2 heterocycles. The standard InChI is InChI=1S/C28H33N3O4S/c1-19-8-9-20(2)23(14-19)24-18-36-27(26(24)28(33)35-4)29-25(32)17-31-12-10-30(11-13-31)16-21-6-5-7-22(15-21)34-3/h5-9,14-15,18H,10-13,16-17H2,1-4H3,(H,29,32). The molecular formula is C28H33N3O4S. The van der Waals surface area contributed by atoms with Crippen molar-refractivity contribution in [2.45, 2.75) is 20.4 Å². The van der Waals surface area contributed by atoms with Crippen LogP contribution in [0.4, 0.5) is 5.00 Å². The molecule has 1 amide bonds. The molecule has 1 aromatic heterocycles. The van der Waals surface area contributed by atoms with E-state index >= 15 is 0 Å². The van der Waals surface area contributed by atoms with Gasteiger partial charge in [-0.2, -0.15) is 0 Å². The second-order valence-electron chi connectivity index (χ2n) is 9.12. The molecule has 4 rings (SSSR count). The molecule has 1 aliphatic heterocycles. The summed E-state index contributed by atoms with van der Waals surface area (Å²) in [6, 6.07) is 14.3. The number of nitrogens with zero attached hydrogens (tertiary/aromatic N) is 2. The first kappa shape index (κ1) is 25.9. The minimum atomic E-state index is -0.450. The van der Waals surface area contributed by atoms with Crippen molar-refractivity contribution in [1.29, 1.82) is 0 Å². The number of nitrogens with one attached hydrogen (secondary N) is 1. The van der Waals surface area contributed by atoms with Crippen LogP contribution in [0, 0.1) is 13.8 Å². The van der Waals surface area contributed by atoms with Gasteiger partial charge in [0.2, 0.25) is 5.91 Å². The van der Waals surface area contributed by atoms with Gasteiger partial charge in [-0.25, -0.2) is 4.79 Å². The van der Waals surface area contributed by atoms with Crippen molar-refractivity contribution in [3.8, 4) is 16.9 Å². The number of carbonyl (C=O) groups excluding carboxylic acids is 2. The van der Waals surface area contributed by atoms with Gasteiger partial charge in [-0.3, -0.25) is 14.6 Å². The predicted octanol–water partition coefficient (Wildman–Crippen LogP) is 4.58. The smallest absolute Gasteiger partial charge is 0.341 e. The zero-order valence-electron chi connectivity index (χ0n) is 21.3. The molecule has 36 heavy (non-hydrogen) atoms. The first-order valence-corrected chi connectivity index (χ1v) is 12.9. The average Bonchev–Trinajstić information content (AvgIpc) is 3.29. The normalized spacial score (nSPS) is 14.4. The van der Waals surface area contributed by atoms with E-state index < -0.39 is 5.97 Å². The predicted molar refractivity (Wildman–Crippen MR) is 144 cm³/mol. The molecule has 0 aliphatic carbocycles. The van der Waals surface area contributed by atoms with Crippen LogP contribution in [0.3, 0.4) is 0 Å². The van der Waals surface area contributed by atoms with Crippen LogP contribution in [-0.2, 0) is 16.1 Å². The van der Waals surface area contributed by atoms with E-state index in [0.29, 0.717) is 10.6 Å². The molecule has 0 saturated carbocycles. The number of esters is 1. The summed E-state index contributed by atoms with van der Waals surface area (Å²) >= 11 is 1.35. The molecule has 1 aliphatic rings. The molecule has 0 spiro atoms. The summed E-state index contributed by atoms with van der Waals surface area (Å²) in [6.45, 7) is 8.55. The minimum Gasteiger partial charge on any atom is -0.497 e. The molecule has 8 heteroatoms. The highest BCUT2D eigenvalue weighted by molar-refractivity contribution is 7.15. The van der Waals surface area contributed by atoms with Crippen molar-refractivity contribution in [3.63, 3.8) is 0 Å². The zero-order valence-corrected chi connectivity index (χ0v) is 22.1. The number of amides is 1. The van der Waals surface area contributed by atoms with Crippen LogP contribution in [-0.4, -0.2) is 68.6 Å². The Kier molecular flexibility index (Phi) is 8.40. The molecule has 190 valence electrons. The van der Waals surface area contributed by atoms with E-state index in [0.717, 1.165) is 60.7 Å². The lowest BCUT2D eigenvalue weighted by atomic mass is 9.97. The maximum absolute atomic E-state index is 12.9. The van der Waals surface area contributed by atoms with Gasteiger partial charge >= 0.3 is 5.97 Å². The van der Waals surface area contributed by atoms with Gasteiger partial charge in [-0.05, 0) is 42.7 Å². The number of benzene rings is 2. The molecule has 1 N–H and O–H groups in total. The fourth-order valence-electron chi connectivity index (χ4n) is 4.48. The summed E-state index contributed by atoms with van der Waals surface area (Å²) in [7, 11) is 3.04. The average molecular weight is 508 g/mol. The van der Waals surface area contributed by atoms with Gasteiger partial charge in [0.1, 0.15) is 16.3 Å². The summed E-state index contributed by atoms with van der Waals surface area (Å²) < 4.78 is 10.4. The quantitative estimate of drug-likeness (QED) is 0.450. The van der Waals surface area contributed by atoms with Gasteiger partial charge in [-0.15, -0.1) is 11.3 Å². The molecule has 2 aromatic carbocycles. The van der Waals surface area contributed by atoms with E-state index in [-0.39, 0.29) is 12.5 Å². The maximum Gasteiger partial charge on any atom is 0.341 e. The lowest BCUT2D eigenvalue weighted by molar-refractivity contribution is -0.117. The number of hydrogen-bond donors (Lipinski definition) is 1. The van der Waals surface area contributed by atoms with Gasteiger partial charge in [0.25, 0.3) is 0 Å². The third-order valence-electron chi connectivity index (χ3n) is 6.49. The molecule has 7 nitrogen and oxygen atoms in total. The first-order chi connectivity index (χ1) is 17.4. The van der Waals surface area contributed by atoms with Crippen LogP contribution in [0.25, 0.3) is 11.1 Å². The monoisotopic (exact) mass is 507 g/mol. The van der Waals surface area contributed by atoms with Crippen LogP contribution in [0.5, 0.6) is 5.75 Å². The molecule has 0 unspecified atom stereocenters. The summed E-state index contributed by atoms with van der Waals surface area (Å²) in [4.78, 5) is 30.2. The fourth-order valence-corrected chi connectivity index (χ4v) is 5.45. The van der Waals surface area contributed by atoms with Crippen LogP contribution in [0.2, 0.25) is 0 Å². The number of ether oxygens (including phenoxy) is 2. The van der Waals surface area contributed by atoms with E-state index in [9.17, 15) is 9.59 Å². The number of piperazine rings is 1. The van der Waals surface area contributed by atoms with Gasteiger partial charge in [-0.1, -0.05) is 35.9 Å². The molecule has 0 atom stereocenters.